The van der Waals surface area contributed by atoms with Crippen molar-refractivity contribution in [3.8, 4) is 0 Å². The molecule has 2 unspecified atom stereocenters. The van der Waals surface area contributed by atoms with Gasteiger partial charge in [-0.2, -0.15) is 0 Å². The third-order valence-corrected chi connectivity index (χ3v) is 5.41. The molecule has 154 valence electrons. The molecule has 6 heteroatoms. The van der Waals surface area contributed by atoms with Crippen LogP contribution in [0.2, 0.25) is 0 Å². The summed E-state index contributed by atoms with van der Waals surface area (Å²) in [4.78, 5) is 28.7. The van der Waals surface area contributed by atoms with Crippen molar-refractivity contribution in [3.05, 3.63) is 71.0 Å². The highest BCUT2D eigenvalue weighted by atomic mass is 19.1. The Bertz CT molecular complexity index is 867. The SMILES string of the molecule is Cc1ccc(CN2CC(C(=O)NCC(c3cccc(F)c3)N(C)C)CC2=O)cc1. The molecule has 1 heterocycles. The average molecular weight is 397 g/mol. The molecule has 0 aromatic heterocycles. The number of hydrogen-bond acceptors (Lipinski definition) is 3. The lowest BCUT2D eigenvalue weighted by molar-refractivity contribution is -0.129. The number of carbonyl (C=O) groups is 2. The number of halogens is 1. The van der Waals surface area contributed by atoms with Crippen molar-refractivity contribution < 1.29 is 14.0 Å². The van der Waals surface area contributed by atoms with Crippen LogP contribution in [0.25, 0.3) is 0 Å². The highest BCUT2D eigenvalue weighted by Crippen LogP contribution is 2.22. The third-order valence-electron chi connectivity index (χ3n) is 5.41. The molecule has 0 aliphatic carbocycles. The van der Waals surface area contributed by atoms with Gasteiger partial charge in [-0.25, -0.2) is 4.39 Å². The number of amides is 2. The van der Waals surface area contributed by atoms with Crippen LogP contribution < -0.4 is 5.32 Å². The number of nitrogens with one attached hydrogen (secondary N) is 1. The highest BCUT2D eigenvalue weighted by molar-refractivity contribution is 5.89. The van der Waals surface area contributed by atoms with Crippen molar-refractivity contribution >= 4 is 11.8 Å². The van der Waals surface area contributed by atoms with Gasteiger partial charge in [-0.05, 0) is 44.3 Å². The first kappa shape index (κ1) is 21.0. The largest absolute Gasteiger partial charge is 0.354 e. The van der Waals surface area contributed by atoms with E-state index >= 15 is 0 Å². The zero-order valence-corrected chi connectivity index (χ0v) is 17.2. The normalized spacial score (nSPS) is 17.6. The van der Waals surface area contributed by atoms with Crippen molar-refractivity contribution in [2.45, 2.75) is 25.9 Å². The van der Waals surface area contributed by atoms with E-state index in [9.17, 15) is 14.0 Å². The third kappa shape index (κ3) is 5.41. The fraction of sp³-hybridized carbons (Fsp3) is 0.391. The number of likely N-dealkylation sites (tertiary alicyclic amines) is 1. The summed E-state index contributed by atoms with van der Waals surface area (Å²) in [7, 11) is 3.79. The van der Waals surface area contributed by atoms with Crippen LogP contribution in [0.4, 0.5) is 4.39 Å². The topological polar surface area (TPSA) is 52.7 Å². The number of aryl methyl sites for hydroxylation is 1. The van der Waals surface area contributed by atoms with Gasteiger partial charge in [0, 0.05) is 26.1 Å². The summed E-state index contributed by atoms with van der Waals surface area (Å²) in [5.74, 6) is -0.787. The van der Waals surface area contributed by atoms with Gasteiger partial charge < -0.3 is 15.1 Å². The monoisotopic (exact) mass is 397 g/mol. The van der Waals surface area contributed by atoms with E-state index in [1.54, 1.807) is 11.0 Å². The number of rotatable bonds is 7. The van der Waals surface area contributed by atoms with Crippen molar-refractivity contribution in [1.82, 2.24) is 15.1 Å². The molecule has 3 rings (SSSR count). The molecule has 1 aliphatic heterocycles. The van der Waals surface area contributed by atoms with Gasteiger partial charge in [-0.1, -0.05) is 42.0 Å². The van der Waals surface area contributed by atoms with Crippen molar-refractivity contribution in [2.75, 3.05) is 27.2 Å². The lowest BCUT2D eigenvalue weighted by Crippen LogP contribution is -2.38. The zero-order valence-electron chi connectivity index (χ0n) is 17.2. The van der Waals surface area contributed by atoms with E-state index < -0.39 is 0 Å². The molecule has 2 aromatic carbocycles. The van der Waals surface area contributed by atoms with Crippen LogP contribution in [0.15, 0.2) is 48.5 Å². The minimum absolute atomic E-state index is 0.0000139. The molecule has 0 bridgehead atoms. The van der Waals surface area contributed by atoms with Gasteiger partial charge in [0.05, 0.1) is 12.0 Å². The number of hydrogen-bond donors (Lipinski definition) is 1. The second-order valence-electron chi connectivity index (χ2n) is 7.94. The van der Waals surface area contributed by atoms with Gasteiger partial charge in [0.25, 0.3) is 0 Å². The van der Waals surface area contributed by atoms with Crippen LogP contribution in [0.3, 0.4) is 0 Å². The molecule has 2 aromatic rings. The number of nitrogens with zero attached hydrogens (tertiary/aromatic N) is 2. The fourth-order valence-corrected chi connectivity index (χ4v) is 3.67. The Morgan fingerprint density at radius 1 is 1.24 bits per heavy atom. The summed E-state index contributed by atoms with van der Waals surface area (Å²) >= 11 is 0. The Kier molecular flexibility index (Phi) is 6.64. The van der Waals surface area contributed by atoms with Crippen molar-refractivity contribution in [1.29, 1.82) is 0 Å². The first-order valence-corrected chi connectivity index (χ1v) is 9.86. The van der Waals surface area contributed by atoms with Gasteiger partial charge >= 0.3 is 0 Å². The lowest BCUT2D eigenvalue weighted by atomic mass is 10.0. The maximum atomic E-state index is 13.6. The molecule has 2 atom stereocenters. The molecular formula is C23H28FN3O2. The summed E-state index contributed by atoms with van der Waals surface area (Å²) < 4.78 is 13.6. The maximum Gasteiger partial charge on any atom is 0.225 e. The van der Waals surface area contributed by atoms with Crippen LogP contribution in [0, 0.1) is 18.7 Å². The highest BCUT2D eigenvalue weighted by Gasteiger charge is 2.34. The van der Waals surface area contributed by atoms with Crippen molar-refractivity contribution in [3.63, 3.8) is 0 Å². The summed E-state index contributed by atoms with van der Waals surface area (Å²) in [5, 5.41) is 2.95. The summed E-state index contributed by atoms with van der Waals surface area (Å²) in [6.07, 6.45) is 0.226. The quantitative estimate of drug-likeness (QED) is 0.782. The summed E-state index contributed by atoms with van der Waals surface area (Å²) in [6.45, 7) is 3.32. The van der Waals surface area contributed by atoms with Crippen LogP contribution in [-0.2, 0) is 16.1 Å². The molecule has 1 fully saturated rings. The minimum Gasteiger partial charge on any atom is -0.354 e. The Labute approximate surface area is 171 Å². The molecule has 1 N–H and O–H groups in total. The van der Waals surface area contributed by atoms with E-state index in [2.05, 4.69) is 5.32 Å². The average Bonchev–Trinajstić information content (AvgIpc) is 3.04. The number of likely N-dealkylation sites (N-methyl/N-ethyl adjacent to an activating group) is 1. The van der Waals surface area contributed by atoms with Gasteiger partial charge in [0.15, 0.2) is 0 Å². The Morgan fingerprint density at radius 2 is 1.97 bits per heavy atom. The predicted molar refractivity (Wildman–Crippen MR) is 111 cm³/mol. The van der Waals surface area contributed by atoms with Gasteiger partial charge in [-0.3, -0.25) is 9.59 Å². The number of carbonyl (C=O) groups excluding carboxylic acids is 2. The van der Waals surface area contributed by atoms with Gasteiger partial charge in [0.2, 0.25) is 11.8 Å². The predicted octanol–water partition coefficient (Wildman–Crippen LogP) is 2.90. The van der Waals surface area contributed by atoms with E-state index in [-0.39, 0.29) is 36.0 Å². The molecular weight excluding hydrogens is 369 g/mol. The van der Waals surface area contributed by atoms with E-state index in [1.165, 1.54) is 17.7 Å². The molecule has 1 saturated heterocycles. The van der Waals surface area contributed by atoms with E-state index in [4.69, 9.17) is 0 Å². The second kappa shape index (κ2) is 9.18. The van der Waals surface area contributed by atoms with Gasteiger partial charge in [-0.15, -0.1) is 0 Å². The molecule has 0 saturated carbocycles. The minimum atomic E-state index is -0.358. The molecule has 0 radical (unpaired) electrons. The molecule has 2 amide bonds. The van der Waals surface area contributed by atoms with Crippen LogP contribution in [0.1, 0.15) is 29.2 Å². The summed E-state index contributed by atoms with van der Waals surface area (Å²) in [6, 6.07) is 14.3. The molecule has 5 nitrogen and oxygen atoms in total. The molecule has 1 aliphatic rings. The van der Waals surface area contributed by atoms with E-state index in [0.29, 0.717) is 19.6 Å². The second-order valence-corrected chi connectivity index (χ2v) is 7.94. The maximum absolute atomic E-state index is 13.6. The van der Waals surface area contributed by atoms with E-state index in [0.717, 1.165) is 11.1 Å². The van der Waals surface area contributed by atoms with Crippen LogP contribution in [-0.4, -0.2) is 48.8 Å². The fourth-order valence-electron chi connectivity index (χ4n) is 3.67. The van der Waals surface area contributed by atoms with Crippen LogP contribution in [0.5, 0.6) is 0 Å². The smallest absolute Gasteiger partial charge is 0.225 e. The zero-order chi connectivity index (χ0) is 21.0. The molecule has 0 spiro atoms. The van der Waals surface area contributed by atoms with Crippen LogP contribution >= 0.6 is 0 Å². The Balaban J connectivity index is 1.57. The standard InChI is InChI=1S/C23H28FN3O2/c1-16-7-9-17(10-8-16)14-27-15-19(12-22(27)28)23(29)25-13-21(26(2)3)18-5-4-6-20(24)11-18/h4-11,19,21H,12-15H2,1-3H3,(H,25,29). The number of benzene rings is 2. The first-order chi connectivity index (χ1) is 13.8. The molecule has 29 heavy (non-hydrogen) atoms. The Hall–Kier alpha value is -2.73. The lowest BCUT2D eigenvalue weighted by Gasteiger charge is -2.25. The van der Waals surface area contributed by atoms with Gasteiger partial charge in [0.1, 0.15) is 5.82 Å². The Morgan fingerprint density at radius 3 is 2.62 bits per heavy atom. The first-order valence-electron chi connectivity index (χ1n) is 9.86. The van der Waals surface area contributed by atoms with E-state index in [1.807, 2.05) is 56.3 Å². The summed E-state index contributed by atoms with van der Waals surface area (Å²) in [5.41, 5.74) is 3.04. The van der Waals surface area contributed by atoms with Crippen molar-refractivity contribution in [2.24, 2.45) is 5.92 Å².